The van der Waals surface area contributed by atoms with Crippen molar-refractivity contribution in [1.29, 1.82) is 0 Å². The summed E-state index contributed by atoms with van der Waals surface area (Å²) in [5.74, 6) is 0.290. The number of nitrogens with one attached hydrogen (secondary N) is 1. The summed E-state index contributed by atoms with van der Waals surface area (Å²) in [7, 11) is 0. The van der Waals surface area contributed by atoms with Gasteiger partial charge in [0.2, 0.25) is 0 Å². The zero-order valence-electron chi connectivity index (χ0n) is 14.1. The molecule has 0 aliphatic carbocycles. The topological polar surface area (TPSA) is 66.7 Å². The molecular formula is C17H18N4O2S2. The molecule has 0 atom stereocenters. The largest absolute Gasteiger partial charge is 0.367 e. The number of pyridine rings is 1. The van der Waals surface area contributed by atoms with E-state index in [0.717, 1.165) is 0 Å². The van der Waals surface area contributed by atoms with Gasteiger partial charge >= 0.3 is 0 Å². The second kappa shape index (κ2) is 6.97. The van der Waals surface area contributed by atoms with E-state index in [1.54, 1.807) is 24.4 Å². The number of fused-ring (bicyclic) bond motifs is 1. The van der Waals surface area contributed by atoms with Crippen LogP contribution in [-0.4, -0.2) is 37.1 Å². The summed E-state index contributed by atoms with van der Waals surface area (Å²) in [6.45, 7) is 6.31. The molecule has 2 aromatic rings. The van der Waals surface area contributed by atoms with Gasteiger partial charge in [-0.05, 0) is 39.0 Å². The summed E-state index contributed by atoms with van der Waals surface area (Å²) >= 11 is 6.44. The van der Waals surface area contributed by atoms with Crippen molar-refractivity contribution < 1.29 is 4.79 Å². The van der Waals surface area contributed by atoms with Crippen molar-refractivity contribution in [3.05, 3.63) is 45.2 Å². The van der Waals surface area contributed by atoms with Gasteiger partial charge < -0.3 is 5.32 Å². The zero-order chi connectivity index (χ0) is 18.1. The molecule has 1 saturated heterocycles. The Morgan fingerprint density at radius 3 is 2.76 bits per heavy atom. The fourth-order valence-corrected chi connectivity index (χ4v) is 3.89. The number of rotatable bonds is 4. The number of hydrogen-bond donors (Lipinski definition) is 1. The molecule has 1 aliphatic heterocycles. The predicted octanol–water partition coefficient (Wildman–Crippen LogP) is 2.74. The molecule has 0 bridgehead atoms. The second-order valence-corrected chi connectivity index (χ2v) is 7.51. The highest BCUT2D eigenvalue weighted by Crippen LogP contribution is 2.32. The van der Waals surface area contributed by atoms with Crippen LogP contribution in [0.2, 0.25) is 0 Å². The minimum absolute atomic E-state index is 0.0929. The SMILES string of the molecule is CCN1C(=O)/C(=C/c2c(NC(C)C)nc3ccccn3c2=O)SC1=S. The molecule has 0 spiro atoms. The van der Waals surface area contributed by atoms with Gasteiger partial charge in [0.1, 0.15) is 15.8 Å². The maximum atomic E-state index is 12.9. The summed E-state index contributed by atoms with van der Waals surface area (Å²) < 4.78 is 1.98. The van der Waals surface area contributed by atoms with E-state index in [2.05, 4.69) is 10.3 Å². The average molecular weight is 374 g/mol. The summed E-state index contributed by atoms with van der Waals surface area (Å²) in [6.07, 6.45) is 3.26. The van der Waals surface area contributed by atoms with Crippen LogP contribution in [0.4, 0.5) is 5.82 Å². The number of thioether (sulfide) groups is 1. The van der Waals surface area contributed by atoms with Gasteiger partial charge in [-0.15, -0.1) is 0 Å². The Kier molecular flexibility index (Phi) is 4.91. The van der Waals surface area contributed by atoms with E-state index in [0.29, 0.717) is 32.8 Å². The van der Waals surface area contributed by atoms with Gasteiger partial charge in [-0.25, -0.2) is 4.98 Å². The Hall–Kier alpha value is -2.19. The number of carbonyl (C=O) groups is 1. The predicted molar refractivity (Wildman–Crippen MR) is 106 cm³/mol. The number of hydrogen-bond acceptors (Lipinski definition) is 6. The third kappa shape index (κ3) is 3.32. The molecule has 1 amide bonds. The first-order valence-corrected chi connectivity index (χ1v) is 9.18. The normalized spacial score (nSPS) is 16.5. The fourth-order valence-electron chi connectivity index (χ4n) is 2.52. The van der Waals surface area contributed by atoms with Crippen LogP contribution < -0.4 is 10.9 Å². The number of amides is 1. The maximum absolute atomic E-state index is 12.9. The summed E-state index contributed by atoms with van der Waals surface area (Å²) in [5, 5.41) is 3.20. The van der Waals surface area contributed by atoms with Gasteiger partial charge in [-0.1, -0.05) is 30.0 Å². The third-order valence-electron chi connectivity index (χ3n) is 3.66. The third-order valence-corrected chi connectivity index (χ3v) is 5.04. The first-order valence-electron chi connectivity index (χ1n) is 7.95. The molecular weight excluding hydrogens is 356 g/mol. The lowest BCUT2D eigenvalue weighted by atomic mass is 10.2. The average Bonchev–Trinajstić information content (AvgIpc) is 2.84. The number of aromatic nitrogens is 2. The van der Waals surface area contributed by atoms with Crippen molar-refractivity contribution in [2.45, 2.75) is 26.8 Å². The maximum Gasteiger partial charge on any atom is 0.267 e. The quantitative estimate of drug-likeness (QED) is 0.656. The standard InChI is InChI=1S/C17H18N4O2S2/c1-4-20-16(23)12(25-17(20)24)9-11-14(18-10(2)3)19-13-7-5-6-8-21(13)15(11)22/h5-10,18H,4H2,1-3H3/b12-9-. The smallest absolute Gasteiger partial charge is 0.267 e. The monoisotopic (exact) mass is 374 g/mol. The lowest BCUT2D eigenvalue weighted by Gasteiger charge is -2.13. The summed E-state index contributed by atoms with van der Waals surface area (Å²) in [4.78, 5) is 31.9. The van der Waals surface area contributed by atoms with Crippen LogP contribution in [0, 0.1) is 0 Å². The van der Waals surface area contributed by atoms with Crippen molar-refractivity contribution in [3.63, 3.8) is 0 Å². The van der Waals surface area contributed by atoms with Crippen LogP contribution in [0.15, 0.2) is 34.1 Å². The van der Waals surface area contributed by atoms with E-state index < -0.39 is 0 Å². The Bertz CT molecular complexity index is 949. The van der Waals surface area contributed by atoms with E-state index in [9.17, 15) is 9.59 Å². The summed E-state index contributed by atoms with van der Waals surface area (Å²) in [6, 6.07) is 5.46. The van der Waals surface area contributed by atoms with Crippen LogP contribution in [0.3, 0.4) is 0 Å². The van der Waals surface area contributed by atoms with Crippen molar-refractivity contribution in [2.75, 3.05) is 11.9 Å². The van der Waals surface area contributed by atoms with Gasteiger partial charge in [-0.2, -0.15) is 0 Å². The van der Waals surface area contributed by atoms with Crippen LogP contribution >= 0.6 is 24.0 Å². The van der Waals surface area contributed by atoms with Gasteiger partial charge in [-0.3, -0.25) is 18.9 Å². The number of likely N-dealkylation sites (N-methyl/N-ethyl adjacent to an activating group) is 1. The van der Waals surface area contributed by atoms with E-state index in [1.165, 1.54) is 21.1 Å². The lowest BCUT2D eigenvalue weighted by molar-refractivity contribution is -0.121. The van der Waals surface area contributed by atoms with Crippen molar-refractivity contribution in [2.24, 2.45) is 0 Å². The molecule has 1 fully saturated rings. The van der Waals surface area contributed by atoms with Crippen LogP contribution in [0.1, 0.15) is 26.3 Å². The van der Waals surface area contributed by atoms with Crippen LogP contribution in [-0.2, 0) is 4.79 Å². The van der Waals surface area contributed by atoms with Crippen LogP contribution in [0.5, 0.6) is 0 Å². The highest BCUT2D eigenvalue weighted by Gasteiger charge is 2.31. The Morgan fingerprint density at radius 2 is 2.12 bits per heavy atom. The van der Waals surface area contributed by atoms with Crippen molar-refractivity contribution >= 4 is 51.7 Å². The second-order valence-electron chi connectivity index (χ2n) is 5.83. The molecule has 0 unspecified atom stereocenters. The van der Waals surface area contributed by atoms with E-state index in [1.807, 2.05) is 26.8 Å². The van der Waals surface area contributed by atoms with E-state index in [-0.39, 0.29) is 17.5 Å². The number of nitrogens with zero attached hydrogens (tertiary/aromatic N) is 3. The first-order chi connectivity index (χ1) is 11.9. The highest BCUT2D eigenvalue weighted by atomic mass is 32.2. The fraction of sp³-hybridized carbons (Fsp3) is 0.294. The van der Waals surface area contributed by atoms with Gasteiger partial charge in [0.05, 0.1) is 10.5 Å². The Labute approximate surface area is 154 Å². The summed E-state index contributed by atoms with van der Waals surface area (Å²) in [5.41, 5.74) is 0.679. The minimum Gasteiger partial charge on any atom is -0.367 e. The number of anilines is 1. The van der Waals surface area contributed by atoms with E-state index >= 15 is 0 Å². The molecule has 8 heteroatoms. The molecule has 0 saturated carbocycles. The molecule has 0 aromatic carbocycles. The van der Waals surface area contributed by atoms with Gasteiger partial charge in [0, 0.05) is 18.8 Å². The zero-order valence-corrected chi connectivity index (χ0v) is 15.8. The molecule has 1 aliphatic rings. The van der Waals surface area contributed by atoms with Crippen molar-refractivity contribution in [3.8, 4) is 0 Å². The lowest BCUT2D eigenvalue weighted by Crippen LogP contribution is -2.27. The van der Waals surface area contributed by atoms with Gasteiger partial charge in [0.15, 0.2) is 0 Å². The molecule has 130 valence electrons. The number of thiocarbonyl (C=S) groups is 1. The van der Waals surface area contributed by atoms with Crippen LogP contribution in [0.25, 0.3) is 11.7 Å². The molecule has 1 N–H and O–H groups in total. The Balaban J connectivity index is 2.19. The van der Waals surface area contributed by atoms with E-state index in [4.69, 9.17) is 12.2 Å². The highest BCUT2D eigenvalue weighted by molar-refractivity contribution is 8.26. The molecule has 6 nitrogen and oxygen atoms in total. The number of carbonyl (C=O) groups excluding carboxylic acids is 1. The first kappa shape index (κ1) is 17.6. The molecule has 2 aromatic heterocycles. The molecule has 3 heterocycles. The molecule has 0 radical (unpaired) electrons. The Morgan fingerprint density at radius 1 is 1.36 bits per heavy atom. The molecule has 25 heavy (non-hydrogen) atoms. The minimum atomic E-state index is -0.226. The molecule has 3 rings (SSSR count). The van der Waals surface area contributed by atoms with Crippen molar-refractivity contribution in [1.82, 2.24) is 14.3 Å². The van der Waals surface area contributed by atoms with Gasteiger partial charge in [0.25, 0.3) is 11.5 Å².